The summed E-state index contributed by atoms with van der Waals surface area (Å²) in [5.74, 6) is -0.0905. The quantitative estimate of drug-likeness (QED) is 0.110. The summed E-state index contributed by atoms with van der Waals surface area (Å²) in [6.07, 6.45) is -3.45. The van der Waals surface area contributed by atoms with Gasteiger partial charge in [-0.3, -0.25) is 19.2 Å². The Hall–Kier alpha value is -6.70. The molecule has 8 rings (SSSR count). The molecule has 0 bridgehead atoms. The number of ether oxygens (including phenoxy) is 2. The van der Waals surface area contributed by atoms with E-state index in [4.69, 9.17) is 9.47 Å². The van der Waals surface area contributed by atoms with E-state index in [1.165, 1.54) is 69.3 Å². The molecule has 0 aliphatic heterocycles. The summed E-state index contributed by atoms with van der Waals surface area (Å²) in [5, 5.41) is 10.2. The first-order valence-corrected chi connectivity index (χ1v) is 22.1. The predicted molar refractivity (Wildman–Crippen MR) is 222 cm³/mol. The van der Waals surface area contributed by atoms with Crippen LogP contribution in [0.5, 0.6) is 11.5 Å². The number of H-pyrrole nitrogens is 1. The van der Waals surface area contributed by atoms with E-state index in [-0.39, 0.29) is 53.7 Å². The Morgan fingerprint density at radius 3 is 1.78 bits per heavy atom. The average molecular weight is 949 g/mol. The first-order chi connectivity index (χ1) is 29.8. The van der Waals surface area contributed by atoms with Crippen LogP contribution in [0.15, 0.2) is 117 Å². The number of nitrogens with one attached hydrogen (secondary N) is 3. The highest BCUT2D eigenvalue weighted by Gasteiger charge is 2.33. The van der Waals surface area contributed by atoms with Crippen LogP contribution in [0.4, 0.5) is 36.6 Å². The number of sulfonamides is 2. The minimum atomic E-state index is -4.57. The molecule has 0 atom stereocenters. The first kappa shape index (κ1) is 44.4. The lowest BCUT2D eigenvalue weighted by Crippen LogP contribution is -2.15. The molecule has 3 aromatic carbocycles. The van der Waals surface area contributed by atoms with Crippen LogP contribution < -0.4 is 24.5 Å². The van der Waals surface area contributed by atoms with Crippen molar-refractivity contribution in [1.82, 2.24) is 30.1 Å². The van der Waals surface area contributed by atoms with Gasteiger partial charge < -0.3 is 9.47 Å². The number of halogens is 6. The van der Waals surface area contributed by atoms with Crippen LogP contribution >= 0.6 is 22.7 Å². The lowest BCUT2D eigenvalue weighted by molar-refractivity contribution is -0.138. The number of fused-ring (bicyclic) bond motifs is 2. The average Bonchev–Trinajstić information content (AvgIpc) is 3.97. The van der Waals surface area contributed by atoms with Crippen LogP contribution in [0.2, 0.25) is 0 Å². The van der Waals surface area contributed by atoms with Gasteiger partial charge in [0.05, 0.1) is 41.1 Å². The maximum Gasteiger partial charge on any atom is 0.416 e. The highest BCUT2D eigenvalue weighted by atomic mass is 32.2. The molecule has 0 unspecified atom stereocenters. The van der Waals surface area contributed by atoms with Crippen LogP contribution in [0.1, 0.15) is 11.1 Å². The van der Waals surface area contributed by atoms with Crippen molar-refractivity contribution in [3.05, 3.63) is 124 Å². The second-order valence-electron chi connectivity index (χ2n) is 12.7. The van der Waals surface area contributed by atoms with Gasteiger partial charge in [-0.2, -0.15) is 39.9 Å². The second-order valence-corrected chi connectivity index (χ2v) is 17.8. The molecule has 3 N–H and O–H groups in total. The van der Waals surface area contributed by atoms with Gasteiger partial charge in [0.15, 0.2) is 15.3 Å². The van der Waals surface area contributed by atoms with Gasteiger partial charge in [-0.25, -0.2) is 28.5 Å². The zero-order valence-corrected chi connectivity index (χ0v) is 35.1. The van der Waals surface area contributed by atoms with E-state index < -0.39 is 49.1 Å². The van der Waals surface area contributed by atoms with E-state index in [0.717, 1.165) is 53.0 Å². The van der Waals surface area contributed by atoms with Gasteiger partial charge in [-0.05, 0) is 54.1 Å². The zero-order valence-electron chi connectivity index (χ0n) is 31.8. The number of alkyl halides is 6. The van der Waals surface area contributed by atoms with Crippen LogP contribution in [0.3, 0.4) is 0 Å². The van der Waals surface area contributed by atoms with Crippen molar-refractivity contribution in [3.63, 3.8) is 0 Å². The van der Waals surface area contributed by atoms with E-state index >= 15 is 0 Å². The molecule has 0 saturated carbocycles. The fourth-order valence-electron chi connectivity index (χ4n) is 5.96. The largest absolute Gasteiger partial charge is 0.496 e. The molecule has 326 valence electrons. The van der Waals surface area contributed by atoms with Crippen molar-refractivity contribution in [2.45, 2.75) is 22.3 Å². The topological polar surface area (TPSA) is 208 Å². The molecular formula is C38H26F6N8O7S4. The molecule has 0 aliphatic carbocycles. The molecule has 0 radical (unpaired) electrons. The summed E-state index contributed by atoms with van der Waals surface area (Å²) in [4.78, 5) is 28.1. The van der Waals surface area contributed by atoms with Gasteiger partial charge in [0.2, 0.25) is 0 Å². The maximum atomic E-state index is 13.1. The number of hydrogen-bond donors (Lipinski definition) is 3. The third-order valence-electron chi connectivity index (χ3n) is 8.86. The third-order valence-corrected chi connectivity index (χ3v) is 13.1. The van der Waals surface area contributed by atoms with E-state index in [9.17, 15) is 48.0 Å². The van der Waals surface area contributed by atoms with Gasteiger partial charge >= 0.3 is 12.4 Å². The smallest absolute Gasteiger partial charge is 0.416 e. The molecule has 63 heavy (non-hydrogen) atoms. The Kier molecular flexibility index (Phi) is 12.1. The summed E-state index contributed by atoms with van der Waals surface area (Å²) >= 11 is 2.20. The highest BCUT2D eigenvalue weighted by molar-refractivity contribution is 7.93. The second kappa shape index (κ2) is 17.2. The number of rotatable bonds is 10. The van der Waals surface area contributed by atoms with Gasteiger partial charge in [0, 0.05) is 63.5 Å². The van der Waals surface area contributed by atoms with E-state index in [0.29, 0.717) is 22.0 Å². The Morgan fingerprint density at radius 2 is 1.21 bits per heavy atom. The number of benzene rings is 3. The standard InChI is InChI=1S/C19H13F3N4O4S2.C19H13F3N4O3S2/c1-30-15-8-10(19(20,21)22)2-4-13(15)16-12-5-3-11(9-14(12)17(27)25-24-16)32(28,29)26-18-23-6-7-31-18;1-29-16-8-11(19(20,21)22)2-3-13(16)12-4-5-23-15-9-17(25-10-14(12)15)31(27,28)26-18-24-6-7-30-18/h2-9H,1H3,(H,23,26)(H,25,27);2-10H,1H3,(H,24,26). The fourth-order valence-corrected chi connectivity index (χ4v) is 9.52. The number of anilines is 2. The summed E-state index contributed by atoms with van der Waals surface area (Å²) < 4.78 is 144. The van der Waals surface area contributed by atoms with Crippen molar-refractivity contribution in [2.24, 2.45) is 0 Å². The van der Waals surface area contributed by atoms with Crippen molar-refractivity contribution in [3.8, 4) is 33.9 Å². The monoisotopic (exact) mass is 948 g/mol. The number of aromatic amines is 1. The summed E-state index contributed by atoms with van der Waals surface area (Å²) in [5.41, 5.74) is -0.906. The number of aromatic nitrogens is 6. The number of thiazole rings is 2. The Morgan fingerprint density at radius 1 is 0.619 bits per heavy atom. The molecule has 0 spiro atoms. The molecule has 5 heterocycles. The molecule has 5 aromatic heterocycles. The first-order valence-electron chi connectivity index (χ1n) is 17.4. The molecule has 15 nitrogen and oxygen atoms in total. The van der Waals surface area contributed by atoms with E-state index in [2.05, 4.69) is 39.6 Å². The highest BCUT2D eigenvalue weighted by Crippen LogP contribution is 2.40. The molecule has 0 aliphatic rings. The van der Waals surface area contributed by atoms with Crippen LogP contribution in [0, 0.1) is 0 Å². The molecule has 25 heteroatoms. The molecule has 0 amide bonds. The van der Waals surface area contributed by atoms with E-state index in [1.807, 2.05) is 0 Å². The Labute approximate surface area is 359 Å². The number of hydrogen-bond acceptors (Lipinski definition) is 14. The molecule has 0 saturated heterocycles. The van der Waals surface area contributed by atoms with E-state index in [1.54, 1.807) is 16.8 Å². The van der Waals surface area contributed by atoms with Crippen molar-refractivity contribution in [1.29, 1.82) is 0 Å². The van der Waals surface area contributed by atoms with Crippen LogP contribution in [-0.4, -0.2) is 61.2 Å². The number of nitrogens with zero attached hydrogens (tertiary/aromatic N) is 5. The number of methoxy groups -OCH3 is 2. The molecule has 0 fully saturated rings. The summed E-state index contributed by atoms with van der Waals surface area (Å²) in [7, 11) is -5.54. The van der Waals surface area contributed by atoms with Gasteiger partial charge in [-0.15, -0.1) is 22.7 Å². The van der Waals surface area contributed by atoms with Crippen LogP contribution in [0.25, 0.3) is 44.1 Å². The predicted octanol–water partition coefficient (Wildman–Crippen LogP) is 8.46. The fraction of sp³-hybridized carbons (Fsp3) is 0.105. The van der Waals surface area contributed by atoms with Crippen LogP contribution in [-0.2, 0) is 32.4 Å². The zero-order chi connectivity index (χ0) is 45.3. The normalized spacial score (nSPS) is 12.1. The van der Waals surface area contributed by atoms with Crippen molar-refractivity contribution >= 4 is 74.7 Å². The maximum absolute atomic E-state index is 13.1. The SMILES string of the molecule is COc1cc(C(F)(F)F)ccc1-c1ccnc2cc(S(=O)(=O)Nc3nccs3)ncc12.COc1cc(C(F)(F)F)ccc1-c1n[nH]c(=O)c2cc(S(=O)(=O)Nc3nccs3)ccc12. The minimum absolute atomic E-state index is 0.0148. The minimum Gasteiger partial charge on any atom is -0.496 e. The van der Waals surface area contributed by atoms with Crippen molar-refractivity contribution < 1.29 is 52.7 Å². The van der Waals surface area contributed by atoms with Crippen molar-refractivity contribution in [2.75, 3.05) is 23.7 Å². The Bertz CT molecular complexity index is 3260. The van der Waals surface area contributed by atoms with Gasteiger partial charge in [0.1, 0.15) is 17.2 Å². The number of pyridine rings is 2. The molecule has 8 aromatic rings. The third kappa shape index (κ3) is 9.54. The Balaban J connectivity index is 0.000000189. The van der Waals surface area contributed by atoms with Gasteiger partial charge in [-0.1, -0.05) is 12.1 Å². The molecular weight excluding hydrogens is 923 g/mol. The van der Waals surface area contributed by atoms with Gasteiger partial charge in [0.25, 0.3) is 25.6 Å². The lowest BCUT2D eigenvalue weighted by Gasteiger charge is -2.14. The summed E-state index contributed by atoms with van der Waals surface area (Å²) in [6, 6.07) is 12.7. The summed E-state index contributed by atoms with van der Waals surface area (Å²) in [6.45, 7) is 0. The lowest BCUT2D eigenvalue weighted by atomic mass is 10.00.